The Labute approximate surface area is 227 Å². The molecule has 0 fully saturated rings. The third kappa shape index (κ3) is 8.44. The largest absolute Gasteiger partial charge is 0.482 e. The van der Waals surface area contributed by atoms with Crippen molar-refractivity contribution in [2.45, 2.75) is 38.8 Å². The molecule has 0 heterocycles. The molecule has 0 bridgehead atoms. The molecule has 0 spiro atoms. The van der Waals surface area contributed by atoms with Gasteiger partial charge in [0, 0.05) is 29.6 Å². The number of hydrogen-bond donors (Lipinski definition) is 1. The molecule has 3 rings (SSSR count). The smallest absolute Gasteiger partial charge is 0.261 e. The lowest BCUT2D eigenvalue weighted by molar-refractivity contribution is -0.142. The van der Waals surface area contributed by atoms with Crippen LogP contribution in [0.3, 0.4) is 0 Å². The second-order valence-electron chi connectivity index (χ2n) is 8.36. The van der Waals surface area contributed by atoms with Gasteiger partial charge in [-0.2, -0.15) is 0 Å². The van der Waals surface area contributed by atoms with Crippen molar-refractivity contribution >= 4 is 46.6 Å². The minimum Gasteiger partial charge on any atom is -0.482 e. The molecule has 0 saturated carbocycles. The summed E-state index contributed by atoms with van der Waals surface area (Å²) in [7, 11) is 0. The fourth-order valence-corrected chi connectivity index (χ4v) is 4.25. The molecule has 2 amide bonds. The SMILES string of the molecule is CCCCNC(=O)[C@@H](Cc1ccccc1)N(Cc1ccc(Cl)cc1)C(=O)COc1ccc(Cl)cc1Cl. The summed E-state index contributed by atoms with van der Waals surface area (Å²) < 4.78 is 5.74. The molecule has 0 saturated heterocycles. The quantitative estimate of drug-likeness (QED) is 0.261. The molecular formula is C28H29Cl3N2O3. The van der Waals surface area contributed by atoms with Crippen LogP contribution in [-0.2, 0) is 22.6 Å². The molecule has 0 unspecified atom stereocenters. The number of carbonyl (C=O) groups is 2. The summed E-state index contributed by atoms with van der Waals surface area (Å²) in [4.78, 5) is 28.5. The van der Waals surface area contributed by atoms with Crippen molar-refractivity contribution in [3.8, 4) is 5.75 Å². The van der Waals surface area contributed by atoms with E-state index in [0.717, 1.165) is 24.0 Å². The predicted octanol–water partition coefficient (Wildman–Crippen LogP) is 6.58. The van der Waals surface area contributed by atoms with Crippen LogP contribution in [0.5, 0.6) is 5.75 Å². The predicted molar refractivity (Wildman–Crippen MR) is 146 cm³/mol. The lowest BCUT2D eigenvalue weighted by Crippen LogP contribution is -2.51. The number of benzene rings is 3. The summed E-state index contributed by atoms with van der Waals surface area (Å²) in [5.41, 5.74) is 1.79. The van der Waals surface area contributed by atoms with E-state index in [0.29, 0.717) is 33.8 Å². The molecule has 0 aliphatic rings. The molecule has 8 heteroatoms. The number of ether oxygens (including phenoxy) is 1. The average Bonchev–Trinajstić information content (AvgIpc) is 2.87. The Morgan fingerprint density at radius 3 is 2.28 bits per heavy atom. The molecule has 0 aliphatic heterocycles. The topological polar surface area (TPSA) is 58.6 Å². The molecule has 1 N–H and O–H groups in total. The van der Waals surface area contributed by atoms with Gasteiger partial charge >= 0.3 is 0 Å². The molecule has 3 aromatic rings. The Hall–Kier alpha value is -2.73. The molecule has 5 nitrogen and oxygen atoms in total. The normalized spacial score (nSPS) is 11.6. The number of nitrogens with one attached hydrogen (secondary N) is 1. The van der Waals surface area contributed by atoms with Gasteiger partial charge in [0.05, 0.1) is 5.02 Å². The van der Waals surface area contributed by atoms with Crippen LogP contribution in [0.25, 0.3) is 0 Å². The zero-order valence-electron chi connectivity index (χ0n) is 20.1. The van der Waals surface area contributed by atoms with Gasteiger partial charge in [0.2, 0.25) is 5.91 Å². The highest BCUT2D eigenvalue weighted by atomic mass is 35.5. The number of nitrogens with zero attached hydrogens (tertiary/aromatic N) is 1. The molecule has 1 atom stereocenters. The van der Waals surface area contributed by atoms with Crippen LogP contribution in [-0.4, -0.2) is 35.9 Å². The van der Waals surface area contributed by atoms with Crippen molar-refractivity contribution < 1.29 is 14.3 Å². The molecule has 0 radical (unpaired) electrons. The third-order valence-electron chi connectivity index (χ3n) is 5.61. The number of halogens is 3. The zero-order chi connectivity index (χ0) is 25.9. The summed E-state index contributed by atoms with van der Waals surface area (Å²) in [5.74, 6) is -0.213. The van der Waals surface area contributed by atoms with E-state index in [4.69, 9.17) is 39.5 Å². The zero-order valence-corrected chi connectivity index (χ0v) is 22.3. The monoisotopic (exact) mass is 546 g/mol. The van der Waals surface area contributed by atoms with Gasteiger partial charge in [-0.25, -0.2) is 0 Å². The lowest BCUT2D eigenvalue weighted by atomic mass is 10.0. The van der Waals surface area contributed by atoms with Crippen LogP contribution in [0.4, 0.5) is 0 Å². The molecule has 0 aliphatic carbocycles. The highest BCUT2D eigenvalue weighted by Gasteiger charge is 2.30. The lowest BCUT2D eigenvalue weighted by Gasteiger charge is -2.31. The third-order valence-corrected chi connectivity index (χ3v) is 6.39. The van der Waals surface area contributed by atoms with Crippen molar-refractivity contribution in [1.82, 2.24) is 10.2 Å². The minimum atomic E-state index is -0.739. The van der Waals surface area contributed by atoms with E-state index in [9.17, 15) is 9.59 Å². The average molecular weight is 548 g/mol. The first-order valence-electron chi connectivity index (χ1n) is 11.8. The first-order valence-corrected chi connectivity index (χ1v) is 12.9. The first kappa shape index (κ1) is 27.9. The summed E-state index contributed by atoms with van der Waals surface area (Å²) in [6.07, 6.45) is 2.17. The maximum atomic E-state index is 13.6. The number of carbonyl (C=O) groups excluding carboxylic acids is 2. The van der Waals surface area contributed by atoms with Crippen molar-refractivity contribution in [2.75, 3.05) is 13.2 Å². The number of hydrogen-bond acceptors (Lipinski definition) is 3. The Morgan fingerprint density at radius 1 is 0.917 bits per heavy atom. The van der Waals surface area contributed by atoms with Crippen molar-refractivity contribution in [2.24, 2.45) is 0 Å². The van der Waals surface area contributed by atoms with Crippen molar-refractivity contribution in [3.63, 3.8) is 0 Å². The summed E-state index contributed by atoms with van der Waals surface area (Å²) in [5, 5.41) is 4.36. The van der Waals surface area contributed by atoms with Crippen LogP contribution in [0.15, 0.2) is 72.8 Å². The van der Waals surface area contributed by atoms with Gasteiger partial charge in [-0.05, 0) is 47.9 Å². The van der Waals surface area contributed by atoms with E-state index in [-0.39, 0.29) is 25.0 Å². The van der Waals surface area contributed by atoms with Gasteiger partial charge in [0.15, 0.2) is 6.61 Å². The van der Waals surface area contributed by atoms with Crippen molar-refractivity contribution in [3.05, 3.63) is 99.0 Å². The van der Waals surface area contributed by atoms with Crippen LogP contribution in [0.2, 0.25) is 15.1 Å². The van der Waals surface area contributed by atoms with Gasteiger partial charge in [-0.15, -0.1) is 0 Å². The van der Waals surface area contributed by atoms with Gasteiger partial charge in [-0.1, -0.05) is 90.6 Å². The van der Waals surface area contributed by atoms with E-state index in [1.807, 2.05) is 42.5 Å². The van der Waals surface area contributed by atoms with Crippen LogP contribution in [0.1, 0.15) is 30.9 Å². The maximum absolute atomic E-state index is 13.6. The van der Waals surface area contributed by atoms with Crippen LogP contribution in [0, 0.1) is 0 Å². The van der Waals surface area contributed by atoms with E-state index >= 15 is 0 Å². The second kappa shape index (κ2) is 14.1. The fraction of sp³-hybridized carbons (Fsp3) is 0.286. The highest BCUT2D eigenvalue weighted by molar-refractivity contribution is 6.35. The highest BCUT2D eigenvalue weighted by Crippen LogP contribution is 2.27. The Morgan fingerprint density at radius 2 is 1.61 bits per heavy atom. The van der Waals surface area contributed by atoms with Gasteiger partial charge < -0.3 is 15.0 Å². The van der Waals surface area contributed by atoms with Crippen LogP contribution >= 0.6 is 34.8 Å². The standard InChI is InChI=1S/C28H29Cl3N2O3/c1-2-3-15-32-28(35)25(16-20-7-5-4-6-8-20)33(18-21-9-11-22(29)12-10-21)27(34)19-36-26-14-13-23(30)17-24(26)31/h4-14,17,25H,2-3,15-16,18-19H2,1H3,(H,32,35)/t25-/m1/s1. The fourth-order valence-electron chi connectivity index (χ4n) is 3.66. The maximum Gasteiger partial charge on any atom is 0.261 e. The Kier molecular flexibility index (Phi) is 10.9. The van der Waals surface area contributed by atoms with E-state index in [1.165, 1.54) is 0 Å². The van der Waals surface area contributed by atoms with E-state index < -0.39 is 6.04 Å². The van der Waals surface area contributed by atoms with E-state index in [1.54, 1.807) is 35.2 Å². The molecular weight excluding hydrogens is 519 g/mol. The molecule has 36 heavy (non-hydrogen) atoms. The van der Waals surface area contributed by atoms with Crippen LogP contribution < -0.4 is 10.1 Å². The number of unbranched alkanes of at least 4 members (excludes halogenated alkanes) is 1. The molecule has 190 valence electrons. The number of rotatable bonds is 12. The van der Waals surface area contributed by atoms with E-state index in [2.05, 4.69) is 12.2 Å². The van der Waals surface area contributed by atoms with Gasteiger partial charge in [0.1, 0.15) is 11.8 Å². The Bertz CT molecular complexity index is 1140. The Balaban J connectivity index is 1.88. The molecule has 0 aromatic heterocycles. The van der Waals surface area contributed by atoms with Gasteiger partial charge in [0.25, 0.3) is 5.91 Å². The minimum absolute atomic E-state index is 0.209. The summed E-state index contributed by atoms with van der Waals surface area (Å²) >= 11 is 18.2. The second-order valence-corrected chi connectivity index (χ2v) is 9.64. The number of amides is 2. The summed E-state index contributed by atoms with van der Waals surface area (Å²) in [6.45, 7) is 2.53. The summed E-state index contributed by atoms with van der Waals surface area (Å²) in [6, 6.07) is 20.9. The van der Waals surface area contributed by atoms with Gasteiger partial charge in [-0.3, -0.25) is 9.59 Å². The van der Waals surface area contributed by atoms with Crippen molar-refractivity contribution in [1.29, 1.82) is 0 Å². The first-order chi connectivity index (χ1) is 17.4. The molecule has 3 aromatic carbocycles.